The first-order chi connectivity index (χ1) is 14.3. The topological polar surface area (TPSA) is 78.5 Å². The monoisotopic (exact) mass is 405 g/mol. The van der Waals surface area contributed by atoms with Crippen molar-refractivity contribution in [2.75, 3.05) is 6.54 Å². The van der Waals surface area contributed by atoms with Gasteiger partial charge in [0.1, 0.15) is 12.1 Å². The summed E-state index contributed by atoms with van der Waals surface area (Å²) in [6.45, 7) is 5.32. The molecule has 156 valence electrons. The molecule has 1 aliphatic heterocycles. The third-order valence-corrected chi connectivity index (χ3v) is 6.11. The second-order valence-electron chi connectivity index (χ2n) is 8.55. The van der Waals surface area contributed by atoms with Gasteiger partial charge in [0.15, 0.2) is 0 Å². The molecule has 2 unspecified atom stereocenters. The Balaban J connectivity index is 1.49. The summed E-state index contributed by atoms with van der Waals surface area (Å²) in [5.41, 5.74) is 2.69. The lowest BCUT2D eigenvalue weighted by molar-refractivity contribution is -0.135. The number of benzene rings is 2. The molecule has 0 radical (unpaired) electrons. The van der Waals surface area contributed by atoms with Gasteiger partial charge in [-0.1, -0.05) is 54.1 Å². The van der Waals surface area contributed by atoms with Gasteiger partial charge in [-0.2, -0.15) is 0 Å². The van der Waals surface area contributed by atoms with Crippen molar-refractivity contribution in [2.24, 2.45) is 5.92 Å². The van der Waals surface area contributed by atoms with E-state index in [1.54, 1.807) is 6.92 Å². The van der Waals surface area contributed by atoms with E-state index in [2.05, 4.69) is 10.6 Å². The highest BCUT2D eigenvalue weighted by Crippen LogP contribution is 2.41. The molecule has 2 aromatic carbocycles. The van der Waals surface area contributed by atoms with E-state index in [0.717, 1.165) is 40.0 Å². The molecule has 0 aromatic heterocycles. The predicted octanol–water partition coefficient (Wildman–Crippen LogP) is 3.34. The van der Waals surface area contributed by atoms with Crippen LogP contribution in [0.3, 0.4) is 0 Å². The number of aryl methyl sites for hydroxylation is 2. The molecule has 1 saturated carbocycles. The van der Waals surface area contributed by atoms with Crippen LogP contribution in [-0.2, 0) is 15.1 Å². The van der Waals surface area contributed by atoms with Crippen molar-refractivity contribution in [3.63, 3.8) is 0 Å². The molecule has 1 saturated heterocycles. The van der Waals surface area contributed by atoms with Gasteiger partial charge in [0.2, 0.25) is 5.91 Å². The summed E-state index contributed by atoms with van der Waals surface area (Å²) >= 11 is 0. The minimum Gasteiger partial charge on any atom is -0.347 e. The number of nitrogens with one attached hydrogen (secondary N) is 2. The van der Waals surface area contributed by atoms with Crippen LogP contribution in [0.15, 0.2) is 48.5 Å². The first-order valence-corrected chi connectivity index (χ1v) is 10.4. The Labute approximate surface area is 176 Å². The lowest BCUT2D eigenvalue weighted by atomic mass is 9.88. The fraction of sp³-hybridized carbons (Fsp3) is 0.375. The lowest BCUT2D eigenvalue weighted by Crippen LogP contribution is -2.44. The van der Waals surface area contributed by atoms with Crippen LogP contribution < -0.4 is 10.6 Å². The number of hydrogen-bond acceptors (Lipinski definition) is 3. The molecule has 4 rings (SSSR count). The minimum absolute atomic E-state index is 0.0957. The van der Waals surface area contributed by atoms with Crippen molar-refractivity contribution in [1.82, 2.24) is 15.5 Å². The number of carbonyl (C=O) groups is 3. The van der Waals surface area contributed by atoms with Gasteiger partial charge in [-0.3, -0.25) is 14.5 Å². The molecule has 6 heteroatoms. The van der Waals surface area contributed by atoms with Crippen LogP contribution in [0, 0.1) is 19.8 Å². The summed E-state index contributed by atoms with van der Waals surface area (Å²) in [5, 5.41) is 5.82. The second kappa shape index (κ2) is 7.59. The van der Waals surface area contributed by atoms with Crippen molar-refractivity contribution >= 4 is 17.8 Å². The second-order valence-corrected chi connectivity index (χ2v) is 8.55. The van der Waals surface area contributed by atoms with E-state index in [1.807, 2.05) is 62.4 Å². The maximum atomic E-state index is 13.1. The summed E-state index contributed by atoms with van der Waals surface area (Å²) in [4.78, 5) is 39.5. The average molecular weight is 405 g/mol. The number of carbonyl (C=O) groups excluding carboxylic acids is 3. The molecule has 1 aliphatic carbocycles. The van der Waals surface area contributed by atoms with Crippen LogP contribution in [-0.4, -0.2) is 29.3 Å². The van der Waals surface area contributed by atoms with Crippen LogP contribution in [0.5, 0.6) is 0 Å². The van der Waals surface area contributed by atoms with Crippen molar-refractivity contribution in [3.05, 3.63) is 70.8 Å². The Bertz CT molecular complexity index is 997. The van der Waals surface area contributed by atoms with Crippen LogP contribution in [0.2, 0.25) is 0 Å². The summed E-state index contributed by atoms with van der Waals surface area (Å²) < 4.78 is 0. The van der Waals surface area contributed by atoms with E-state index in [-0.39, 0.29) is 18.5 Å². The highest BCUT2D eigenvalue weighted by atomic mass is 16.2. The van der Waals surface area contributed by atoms with Gasteiger partial charge in [-0.25, -0.2) is 4.79 Å². The van der Waals surface area contributed by atoms with Crippen molar-refractivity contribution in [1.29, 1.82) is 0 Å². The Morgan fingerprint density at radius 2 is 1.80 bits per heavy atom. The van der Waals surface area contributed by atoms with Crippen LogP contribution in [0.4, 0.5) is 4.79 Å². The summed E-state index contributed by atoms with van der Waals surface area (Å²) in [7, 11) is 0. The van der Waals surface area contributed by atoms with Gasteiger partial charge >= 0.3 is 6.03 Å². The van der Waals surface area contributed by atoms with Gasteiger partial charge < -0.3 is 10.6 Å². The molecule has 2 aromatic rings. The van der Waals surface area contributed by atoms with E-state index in [4.69, 9.17) is 0 Å². The van der Waals surface area contributed by atoms with Gasteiger partial charge in [-0.15, -0.1) is 0 Å². The fourth-order valence-electron chi connectivity index (χ4n) is 4.20. The zero-order valence-electron chi connectivity index (χ0n) is 17.6. The average Bonchev–Trinajstić information content (AvgIpc) is 3.52. The third-order valence-electron chi connectivity index (χ3n) is 6.11. The highest BCUT2D eigenvalue weighted by molar-refractivity contribution is 6.09. The Hall–Kier alpha value is -3.15. The SMILES string of the molecule is Cc1ccc(C(NC(=O)CN2C(=O)NC(C)(c3ccccc3C)C2=O)C2CC2)cc1. The minimum atomic E-state index is -1.17. The number of urea groups is 1. The first kappa shape index (κ1) is 20.1. The zero-order chi connectivity index (χ0) is 21.5. The molecule has 30 heavy (non-hydrogen) atoms. The first-order valence-electron chi connectivity index (χ1n) is 10.4. The van der Waals surface area contributed by atoms with Crippen molar-refractivity contribution in [2.45, 2.75) is 45.2 Å². The van der Waals surface area contributed by atoms with Gasteiger partial charge in [0.25, 0.3) is 5.91 Å². The number of nitrogens with zero attached hydrogens (tertiary/aromatic N) is 1. The summed E-state index contributed by atoms with van der Waals surface area (Å²) in [5.74, 6) is -0.336. The Kier molecular flexibility index (Phi) is 5.10. The molecule has 2 aliphatic rings. The molecular formula is C24H27N3O3. The van der Waals surface area contributed by atoms with E-state index in [9.17, 15) is 14.4 Å². The van der Waals surface area contributed by atoms with Crippen LogP contribution in [0.1, 0.15) is 48.1 Å². The number of hydrogen-bond donors (Lipinski definition) is 2. The van der Waals surface area contributed by atoms with Gasteiger partial charge in [-0.05, 0) is 56.2 Å². The summed E-state index contributed by atoms with van der Waals surface area (Å²) in [6.07, 6.45) is 2.13. The normalized spacial score (nSPS) is 22.0. The maximum absolute atomic E-state index is 13.1. The number of imide groups is 1. The molecule has 2 fully saturated rings. The predicted molar refractivity (Wildman–Crippen MR) is 114 cm³/mol. The highest BCUT2D eigenvalue weighted by Gasteiger charge is 2.50. The fourth-order valence-corrected chi connectivity index (χ4v) is 4.20. The lowest BCUT2D eigenvalue weighted by Gasteiger charge is -2.24. The largest absolute Gasteiger partial charge is 0.347 e. The van der Waals surface area contributed by atoms with E-state index < -0.39 is 17.5 Å². The number of amides is 4. The number of rotatable bonds is 6. The van der Waals surface area contributed by atoms with Crippen LogP contribution >= 0.6 is 0 Å². The van der Waals surface area contributed by atoms with E-state index in [0.29, 0.717) is 5.92 Å². The van der Waals surface area contributed by atoms with Gasteiger partial charge in [0.05, 0.1) is 6.04 Å². The van der Waals surface area contributed by atoms with Crippen molar-refractivity contribution in [3.8, 4) is 0 Å². The smallest absolute Gasteiger partial charge is 0.325 e. The molecule has 2 atom stereocenters. The molecule has 0 spiro atoms. The standard InChI is InChI=1S/C24H27N3O3/c1-15-8-10-17(11-9-15)21(18-12-13-18)25-20(28)14-27-22(29)24(3,26-23(27)30)19-7-5-4-6-16(19)2/h4-11,18,21H,12-14H2,1-3H3,(H,25,28)(H,26,30). The molecular weight excluding hydrogens is 378 g/mol. The maximum Gasteiger partial charge on any atom is 0.325 e. The van der Waals surface area contributed by atoms with Crippen LogP contribution in [0.25, 0.3) is 0 Å². The molecule has 1 heterocycles. The Morgan fingerprint density at radius 1 is 1.13 bits per heavy atom. The third kappa shape index (κ3) is 3.70. The zero-order valence-corrected chi connectivity index (χ0v) is 17.6. The van der Waals surface area contributed by atoms with E-state index >= 15 is 0 Å². The molecule has 6 nitrogen and oxygen atoms in total. The van der Waals surface area contributed by atoms with E-state index in [1.165, 1.54) is 0 Å². The molecule has 2 N–H and O–H groups in total. The Morgan fingerprint density at radius 3 is 2.43 bits per heavy atom. The van der Waals surface area contributed by atoms with Gasteiger partial charge in [0, 0.05) is 0 Å². The molecule has 0 bridgehead atoms. The quantitative estimate of drug-likeness (QED) is 0.724. The molecule has 4 amide bonds. The summed E-state index contributed by atoms with van der Waals surface area (Å²) in [6, 6.07) is 14.9. The van der Waals surface area contributed by atoms with Crippen molar-refractivity contribution < 1.29 is 14.4 Å².